The number of nitrogens with zero attached hydrogens (tertiary/aromatic N) is 4. The molecule has 0 fully saturated rings. The molecule has 14 rings (SSSR count). The van der Waals surface area contributed by atoms with Crippen molar-refractivity contribution in [1.82, 2.24) is 19.9 Å². The Morgan fingerprint density at radius 1 is 0.235 bits per heavy atom. The molecule has 0 saturated heterocycles. The van der Waals surface area contributed by atoms with Crippen LogP contribution in [0.5, 0.6) is 0 Å². The quantitative estimate of drug-likeness (QED) is 0.173. The maximum Gasteiger partial charge on any atom is 0.164 e. The van der Waals surface area contributed by atoms with E-state index in [2.05, 4.69) is 199 Å². The Labute approximate surface area is 395 Å². The average Bonchev–Trinajstić information content (AvgIpc) is 3.89. The van der Waals surface area contributed by atoms with Crippen molar-refractivity contribution < 1.29 is 0 Å². The molecule has 0 N–H and O–H groups in total. The van der Waals surface area contributed by atoms with Crippen LogP contribution in [0, 0.1) is 0 Å². The summed E-state index contributed by atoms with van der Waals surface area (Å²) < 4.78 is 0. The predicted molar refractivity (Wildman–Crippen MR) is 273 cm³/mol. The predicted octanol–water partition coefficient (Wildman–Crippen LogP) is 14.6. The highest BCUT2D eigenvalue weighted by atomic mass is 15.0. The number of hydrogen-bond acceptors (Lipinski definition) is 4. The second-order valence-electron chi connectivity index (χ2n) is 18.0. The Morgan fingerprint density at radius 3 is 1.15 bits per heavy atom. The monoisotopic (exact) mass is 864 g/mol. The molecule has 9 aromatic carbocycles. The molecule has 0 atom stereocenters. The molecule has 316 valence electrons. The van der Waals surface area contributed by atoms with E-state index >= 15 is 0 Å². The summed E-state index contributed by atoms with van der Waals surface area (Å²) in [5, 5.41) is 0. The van der Waals surface area contributed by atoms with Crippen LogP contribution >= 0.6 is 0 Å². The molecule has 0 aliphatic heterocycles. The molecule has 2 spiro atoms. The van der Waals surface area contributed by atoms with Crippen molar-refractivity contribution in [3.05, 3.63) is 287 Å². The highest BCUT2D eigenvalue weighted by molar-refractivity contribution is 5.94. The fourth-order valence-electron chi connectivity index (χ4n) is 12.0. The second kappa shape index (κ2) is 14.8. The van der Waals surface area contributed by atoms with E-state index < -0.39 is 10.8 Å². The van der Waals surface area contributed by atoms with Gasteiger partial charge in [-0.2, -0.15) is 0 Å². The zero-order valence-electron chi connectivity index (χ0n) is 36.9. The van der Waals surface area contributed by atoms with Crippen LogP contribution in [0.15, 0.2) is 243 Å². The first-order valence-electron chi connectivity index (χ1n) is 23.3. The first-order chi connectivity index (χ1) is 33.7. The normalized spacial score (nSPS) is 13.8. The van der Waals surface area contributed by atoms with Crippen molar-refractivity contribution in [2.24, 2.45) is 0 Å². The summed E-state index contributed by atoms with van der Waals surface area (Å²) in [7, 11) is 0. The summed E-state index contributed by atoms with van der Waals surface area (Å²) >= 11 is 0. The number of fused-ring (bicyclic) bond motifs is 16. The van der Waals surface area contributed by atoms with Gasteiger partial charge in [-0.25, -0.2) is 15.0 Å². The van der Waals surface area contributed by atoms with Gasteiger partial charge in [0.15, 0.2) is 17.5 Å². The number of hydrogen-bond donors (Lipinski definition) is 0. The van der Waals surface area contributed by atoms with Gasteiger partial charge >= 0.3 is 0 Å². The lowest BCUT2D eigenvalue weighted by atomic mass is 9.52. The minimum Gasteiger partial charge on any atom is -0.256 e. The van der Waals surface area contributed by atoms with Crippen molar-refractivity contribution in [3.8, 4) is 78.8 Å². The van der Waals surface area contributed by atoms with Crippen LogP contribution in [-0.2, 0) is 10.8 Å². The van der Waals surface area contributed by atoms with E-state index in [1.165, 1.54) is 66.8 Å². The van der Waals surface area contributed by atoms with Crippen LogP contribution in [0.25, 0.3) is 78.8 Å². The maximum atomic E-state index is 5.22. The largest absolute Gasteiger partial charge is 0.256 e. The summed E-state index contributed by atoms with van der Waals surface area (Å²) in [6, 6.07) is 86.0. The van der Waals surface area contributed by atoms with Crippen molar-refractivity contribution >= 4 is 0 Å². The third kappa shape index (κ3) is 5.37. The molecule has 0 amide bonds. The Hall–Kier alpha value is -8.86. The van der Waals surface area contributed by atoms with Crippen molar-refractivity contribution in [2.75, 3.05) is 0 Å². The van der Waals surface area contributed by atoms with Gasteiger partial charge in [-0.15, -0.1) is 0 Å². The number of aromatic nitrogens is 4. The standard InChI is InChI=1S/C64H40N4/c1-2-18-41(19-3-1)60-66-61(68-62(67-60)46-23-17-21-44(39-46)59-34-14-15-37-65-59)45-22-16-20-42(38-45)43-35-36-57-58(40-43)64(53-30-10-6-26-49(53)50-27-7-11-31-54(50)64)56-33-13-12-32-55(56)63(57)51-28-8-4-24-47(51)48-25-5-9-29-52(48)63/h1-40H. The van der Waals surface area contributed by atoms with Crippen molar-refractivity contribution in [2.45, 2.75) is 10.8 Å². The third-order valence-corrected chi connectivity index (χ3v) is 14.7. The van der Waals surface area contributed by atoms with Gasteiger partial charge in [-0.3, -0.25) is 4.98 Å². The van der Waals surface area contributed by atoms with E-state index in [4.69, 9.17) is 15.0 Å². The lowest BCUT2D eigenvalue weighted by molar-refractivity contribution is 0.633. The molecule has 68 heavy (non-hydrogen) atoms. The Morgan fingerprint density at radius 2 is 0.618 bits per heavy atom. The summed E-state index contributed by atoms with van der Waals surface area (Å²) in [4.78, 5) is 20.1. The highest BCUT2D eigenvalue weighted by Crippen LogP contribution is 2.67. The number of benzene rings is 9. The molecular formula is C64H40N4. The van der Waals surface area contributed by atoms with E-state index in [0.29, 0.717) is 17.5 Å². The van der Waals surface area contributed by atoms with E-state index in [1.807, 2.05) is 48.7 Å². The van der Waals surface area contributed by atoms with Crippen LogP contribution in [0.2, 0.25) is 0 Å². The minimum atomic E-state index is -0.581. The fraction of sp³-hybridized carbons (Fsp3) is 0.0312. The number of pyridine rings is 1. The summed E-state index contributed by atoms with van der Waals surface area (Å²) in [5.41, 5.74) is 21.4. The molecule has 2 heterocycles. The van der Waals surface area contributed by atoms with E-state index in [9.17, 15) is 0 Å². The lowest BCUT2D eigenvalue weighted by Gasteiger charge is -2.49. The van der Waals surface area contributed by atoms with Crippen LogP contribution in [0.4, 0.5) is 0 Å². The van der Waals surface area contributed by atoms with Gasteiger partial charge in [-0.05, 0) is 108 Å². The SMILES string of the molecule is c1ccc(-c2nc(-c3cccc(-c4ccc5c(c4)C4(c6ccccc6-c6ccccc64)c4ccccc4C54c5ccccc5-c5ccccc54)c3)nc(-c3cccc(-c4ccccn4)c3)n2)cc1. The van der Waals surface area contributed by atoms with Crippen LogP contribution in [0.3, 0.4) is 0 Å². The van der Waals surface area contributed by atoms with Gasteiger partial charge in [0.05, 0.1) is 16.5 Å². The van der Waals surface area contributed by atoms with Gasteiger partial charge in [-0.1, -0.05) is 206 Å². The molecular weight excluding hydrogens is 825 g/mol. The molecule has 3 aliphatic carbocycles. The van der Waals surface area contributed by atoms with Gasteiger partial charge in [0.25, 0.3) is 0 Å². The molecule has 0 radical (unpaired) electrons. The second-order valence-corrected chi connectivity index (χ2v) is 18.0. The fourth-order valence-corrected chi connectivity index (χ4v) is 12.0. The van der Waals surface area contributed by atoms with Gasteiger partial charge < -0.3 is 0 Å². The van der Waals surface area contributed by atoms with E-state index in [1.54, 1.807) is 0 Å². The molecule has 4 nitrogen and oxygen atoms in total. The first kappa shape index (κ1) is 38.4. The summed E-state index contributed by atoms with van der Waals surface area (Å²) in [5.74, 6) is 1.83. The Bertz CT molecular complexity index is 3730. The Kier molecular flexibility index (Phi) is 8.38. The Balaban J connectivity index is 1.00. The van der Waals surface area contributed by atoms with Crippen LogP contribution in [-0.4, -0.2) is 19.9 Å². The first-order valence-corrected chi connectivity index (χ1v) is 23.3. The van der Waals surface area contributed by atoms with Crippen molar-refractivity contribution in [1.29, 1.82) is 0 Å². The molecule has 2 aromatic heterocycles. The molecule has 0 saturated carbocycles. The summed E-state index contributed by atoms with van der Waals surface area (Å²) in [6.07, 6.45) is 1.82. The van der Waals surface area contributed by atoms with Gasteiger partial charge in [0, 0.05) is 28.5 Å². The zero-order valence-corrected chi connectivity index (χ0v) is 36.9. The third-order valence-electron chi connectivity index (χ3n) is 14.7. The van der Waals surface area contributed by atoms with E-state index in [-0.39, 0.29) is 0 Å². The summed E-state index contributed by atoms with van der Waals surface area (Å²) in [6.45, 7) is 0. The lowest BCUT2D eigenvalue weighted by Crippen LogP contribution is -2.43. The van der Waals surface area contributed by atoms with Gasteiger partial charge in [0.1, 0.15) is 0 Å². The zero-order chi connectivity index (χ0) is 44.8. The van der Waals surface area contributed by atoms with Crippen LogP contribution in [0.1, 0.15) is 44.5 Å². The number of rotatable bonds is 5. The molecule has 3 aliphatic rings. The molecule has 0 unspecified atom stereocenters. The molecule has 11 aromatic rings. The highest BCUT2D eigenvalue weighted by Gasteiger charge is 2.58. The minimum absolute atomic E-state index is 0.541. The van der Waals surface area contributed by atoms with E-state index in [0.717, 1.165) is 39.1 Å². The van der Waals surface area contributed by atoms with Crippen LogP contribution < -0.4 is 0 Å². The molecule has 4 heteroatoms. The molecule has 0 bridgehead atoms. The average molecular weight is 865 g/mol. The van der Waals surface area contributed by atoms with Gasteiger partial charge in [0.2, 0.25) is 0 Å². The maximum absolute atomic E-state index is 5.22. The topological polar surface area (TPSA) is 51.6 Å². The smallest absolute Gasteiger partial charge is 0.164 e. The van der Waals surface area contributed by atoms with Crippen molar-refractivity contribution in [3.63, 3.8) is 0 Å².